The lowest BCUT2D eigenvalue weighted by molar-refractivity contribution is 0.932. The zero-order valence-electron chi connectivity index (χ0n) is 9.62. The summed E-state index contributed by atoms with van der Waals surface area (Å²) in [6.07, 6.45) is 3.08. The first-order valence-electron chi connectivity index (χ1n) is 5.40. The molecule has 0 aliphatic rings. The molecule has 0 fully saturated rings. The molecule has 2 aromatic heterocycles. The molecule has 1 N–H and O–H groups in total. The third-order valence-corrected chi connectivity index (χ3v) is 3.60. The number of fused-ring (bicyclic) bond motifs is 1. The molecule has 6 heteroatoms. The SMILES string of the molecule is Cc1ccccc1N/C=c1\sc2ncnn2c1=O. The van der Waals surface area contributed by atoms with Crippen molar-refractivity contribution in [1.82, 2.24) is 14.6 Å². The van der Waals surface area contributed by atoms with Crippen LogP contribution in [0.4, 0.5) is 5.69 Å². The van der Waals surface area contributed by atoms with Gasteiger partial charge >= 0.3 is 0 Å². The van der Waals surface area contributed by atoms with Gasteiger partial charge in [-0.05, 0) is 18.6 Å². The summed E-state index contributed by atoms with van der Waals surface area (Å²) in [6.45, 7) is 2.01. The van der Waals surface area contributed by atoms with Crippen LogP contribution in [0.25, 0.3) is 11.2 Å². The Balaban J connectivity index is 2.02. The van der Waals surface area contributed by atoms with Crippen molar-refractivity contribution >= 4 is 28.2 Å². The van der Waals surface area contributed by atoms with E-state index >= 15 is 0 Å². The Labute approximate surface area is 106 Å². The van der Waals surface area contributed by atoms with E-state index in [1.807, 2.05) is 31.2 Å². The van der Waals surface area contributed by atoms with Crippen molar-refractivity contribution in [3.8, 4) is 0 Å². The van der Waals surface area contributed by atoms with Crippen molar-refractivity contribution < 1.29 is 0 Å². The monoisotopic (exact) mass is 258 g/mol. The van der Waals surface area contributed by atoms with Crippen LogP contribution in [0.3, 0.4) is 0 Å². The number of nitrogens with one attached hydrogen (secondary N) is 1. The van der Waals surface area contributed by atoms with E-state index in [4.69, 9.17) is 0 Å². The number of hydrogen-bond donors (Lipinski definition) is 1. The molecule has 0 atom stereocenters. The van der Waals surface area contributed by atoms with Crippen LogP contribution in [-0.4, -0.2) is 14.6 Å². The van der Waals surface area contributed by atoms with Gasteiger partial charge < -0.3 is 5.32 Å². The van der Waals surface area contributed by atoms with Gasteiger partial charge in [-0.15, -0.1) is 0 Å². The first-order valence-corrected chi connectivity index (χ1v) is 6.22. The number of hydrogen-bond acceptors (Lipinski definition) is 5. The maximum Gasteiger partial charge on any atom is 0.292 e. The Morgan fingerprint density at radius 2 is 2.22 bits per heavy atom. The lowest BCUT2D eigenvalue weighted by atomic mass is 10.2. The molecule has 0 unspecified atom stereocenters. The number of aryl methyl sites for hydroxylation is 1. The number of anilines is 1. The fourth-order valence-electron chi connectivity index (χ4n) is 1.66. The fraction of sp³-hybridized carbons (Fsp3) is 0.0833. The Morgan fingerprint density at radius 1 is 1.39 bits per heavy atom. The molecular formula is C12H10N4OS. The predicted molar refractivity (Wildman–Crippen MR) is 71.6 cm³/mol. The smallest absolute Gasteiger partial charge is 0.292 e. The van der Waals surface area contributed by atoms with Crippen LogP contribution >= 0.6 is 11.3 Å². The average molecular weight is 258 g/mol. The lowest BCUT2D eigenvalue weighted by Crippen LogP contribution is -2.24. The number of nitrogens with zero attached hydrogens (tertiary/aromatic N) is 3. The molecule has 0 spiro atoms. The van der Waals surface area contributed by atoms with E-state index in [0.717, 1.165) is 11.3 Å². The number of thiazole rings is 1. The summed E-state index contributed by atoms with van der Waals surface area (Å²) in [7, 11) is 0. The van der Waals surface area contributed by atoms with Gasteiger partial charge in [0.15, 0.2) is 0 Å². The highest BCUT2D eigenvalue weighted by Gasteiger charge is 2.04. The van der Waals surface area contributed by atoms with Crippen LogP contribution in [0.2, 0.25) is 0 Å². The number of rotatable bonds is 2. The van der Waals surface area contributed by atoms with Crippen LogP contribution in [0.5, 0.6) is 0 Å². The van der Waals surface area contributed by atoms with Crippen LogP contribution in [0.15, 0.2) is 35.4 Å². The molecule has 2 heterocycles. The van der Waals surface area contributed by atoms with Crippen LogP contribution in [0.1, 0.15) is 5.56 Å². The first kappa shape index (κ1) is 10.9. The minimum atomic E-state index is -0.145. The molecule has 0 aliphatic carbocycles. The van der Waals surface area contributed by atoms with Crippen molar-refractivity contribution in [2.24, 2.45) is 0 Å². The van der Waals surface area contributed by atoms with Crippen molar-refractivity contribution in [1.29, 1.82) is 0 Å². The fourth-order valence-corrected chi connectivity index (χ4v) is 2.46. The molecule has 1 aromatic carbocycles. The minimum absolute atomic E-state index is 0.145. The van der Waals surface area contributed by atoms with Gasteiger partial charge in [-0.2, -0.15) is 9.61 Å². The van der Waals surface area contributed by atoms with E-state index < -0.39 is 0 Å². The molecule has 0 saturated carbocycles. The molecule has 18 heavy (non-hydrogen) atoms. The van der Waals surface area contributed by atoms with Gasteiger partial charge in [0.05, 0.1) is 0 Å². The number of aromatic nitrogens is 3. The Hall–Kier alpha value is -2.21. The van der Waals surface area contributed by atoms with Gasteiger partial charge in [-0.3, -0.25) is 4.79 Å². The van der Waals surface area contributed by atoms with E-state index in [0.29, 0.717) is 9.49 Å². The van der Waals surface area contributed by atoms with E-state index in [2.05, 4.69) is 15.4 Å². The lowest BCUT2D eigenvalue weighted by Gasteiger charge is -2.02. The zero-order chi connectivity index (χ0) is 12.5. The van der Waals surface area contributed by atoms with E-state index in [1.165, 1.54) is 22.2 Å². The first-order chi connectivity index (χ1) is 8.75. The van der Waals surface area contributed by atoms with Crippen molar-refractivity contribution in [3.63, 3.8) is 0 Å². The van der Waals surface area contributed by atoms with E-state index in [9.17, 15) is 4.79 Å². The topological polar surface area (TPSA) is 59.3 Å². The van der Waals surface area contributed by atoms with Crippen LogP contribution < -0.4 is 15.4 Å². The van der Waals surface area contributed by atoms with Gasteiger partial charge in [0, 0.05) is 11.9 Å². The maximum atomic E-state index is 11.9. The summed E-state index contributed by atoms with van der Waals surface area (Å²) in [6, 6.07) is 7.90. The molecular weight excluding hydrogens is 248 g/mol. The van der Waals surface area contributed by atoms with Gasteiger partial charge in [0.25, 0.3) is 5.56 Å². The van der Waals surface area contributed by atoms with Crippen molar-refractivity contribution in [2.45, 2.75) is 6.92 Å². The number of benzene rings is 1. The molecule has 3 rings (SSSR count). The molecule has 0 amide bonds. The normalized spacial score (nSPS) is 12.2. The molecule has 5 nitrogen and oxygen atoms in total. The summed E-state index contributed by atoms with van der Waals surface area (Å²) in [5.41, 5.74) is 1.96. The molecule has 0 aliphatic heterocycles. The molecule has 3 aromatic rings. The average Bonchev–Trinajstić information content (AvgIpc) is 2.93. The minimum Gasteiger partial charge on any atom is -0.360 e. The summed E-state index contributed by atoms with van der Waals surface area (Å²) >= 11 is 1.31. The Bertz CT molecular complexity index is 805. The summed E-state index contributed by atoms with van der Waals surface area (Å²) in [4.78, 5) is 16.5. The van der Waals surface area contributed by atoms with Gasteiger partial charge in [-0.25, -0.2) is 4.98 Å². The highest BCUT2D eigenvalue weighted by atomic mass is 32.1. The van der Waals surface area contributed by atoms with Gasteiger partial charge in [0.1, 0.15) is 10.9 Å². The van der Waals surface area contributed by atoms with E-state index in [-0.39, 0.29) is 5.56 Å². The largest absolute Gasteiger partial charge is 0.360 e. The van der Waals surface area contributed by atoms with E-state index in [1.54, 1.807) is 6.20 Å². The predicted octanol–water partition coefficient (Wildman–Crippen LogP) is 1.03. The molecule has 0 saturated heterocycles. The van der Waals surface area contributed by atoms with Gasteiger partial charge in [-0.1, -0.05) is 29.5 Å². The maximum absolute atomic E-state index is 11.9. The second-order valence-corrected chi connectivity index (χ2v) is 4.84. The highest BCUT2D eigenvalue weighted by Crippen LogP contribution is 2.12. The molecule has 90 valence electrons. The second kappa shape index (κ2) is 4.23. The zero-order valence-corrected chi connectivity index (χ0v) is 10.4. The highest BCUT2D eigenvalue weighted by molar-refractivity contribution is 7.15. The van der Waals surface area contributed by atoms with Gasteiger partial charge in [0.2, 0.25) is 4.96 Å². The third-order valence-electron chi connectivity index (χ3n) is 2.62. The quantitative estimate of drug-likeness (QED) is 0.746. The summed E-state index contributed by atoms with van der Waals surface area (Å²) in [5.74, 6) is 0. The Morgan fingerprint density at radius 3 is 3.00 bits per heavy atom. The van der Waals surface area contributed by atoms with Crippen molar-refractivity contribution in [3.05, 3.63) is 51.0 Å². The molecule has 0 radical (unpaired) electrons. The summed E-state index contributed by atoms with van der Waals surface area (Å²) < 4.78 is 1.89. The molecule has 0 bridgehead atoms. The Kier molecular flexibility index (Phi) is 2.56. The number of para-hydroxylation sites is 1. The standard InChI is InChI=1S/C12H10N4OS/c1-8-4-2-3-5-9(8)13-6-10-11(17)16-12(18-10)14-7-15-16/h2-7,13H,1H3/b10-6-. The third kappa shape index (κ3) is 1.76. The summed E-state index contributed by atoms with van der Waals surface area (Å²) in [5, 5.41) is 7.00. The van der Waals surface area contributed by atoms with Crippen LogP contribution in [0, 0.1) is 6.92 Å². The van der Waals surface area contributed by atoms with Crippen molar-refractivity contribution in [2.75, 3.05) is 5.32 Å². The second-order valence-electron chi connectivity index (χ2n) is 3.83. The van der Waals surface area contributed by atoms with Crippen LogP contribution in [-0.2, 0) is 0 Å².